The van der Waals surface area contributed by atoms with Gasteiger partial charge in [-0.05, 0) is 43.9 Å². The molecule has 1 aromatic heterocycles. The number of nitrogens with zero attached hydrogens (tertiary/aromatic N) is 4. The Morgan fingerprint density at radius 3 is 2.68 bits per heavy atom. The molecule has 9 nitrogen and oxygen atoms in total. The molecule has 1 unspecified atom stereocenters. The number of hydrogen-bond donors (Lipinski definition) is 3. The van der Waals surface area contributed by atoms with Crippen LogP contribution in [-0.2, 0) is 4.74 Å². The molecule has 2 aliphatic heterocycles. The first-order valence-electron chi connectivity index (χ1n) is 12.4. The van der Waals surface area contributed by atoms with Crippen molar-refractivity contribution in [1.82, 2.24) is 14.9 Å². The Labute approximate surface area is 214 Å². The Kier molecular flexibility index (Phi) is 8.38. The van der Waals surface area contributed by atoms with Gasteiger partial charge in [-0.3, -0.25) is 0 Å². The minimum absolute atomic E-state index is 0.0805. The van der Waals surface area contributed by atoms with Crippen LogP contribution in [0.25, 0.3) is 11.3 Å². The molecule has 2 saturated heterocycles. The number of hydrogen-bond acceptors (Lipinski definition) is 7. The van der Waals surface area contributed by atoms with Crippen molar-refractivity contribution in [3.05, 3.63) is 29.8 Å². The molecule has 2 aliphatic rings. The lowest BCUT2D eigenvalue weighted by molar-refractivity contribution is -0.143. The lowest BCUT2D eigenvalue weighted by Gasteiger charge is -2.27. The molecule has 0 aliphatic carbocycles. The van der Waals surface area contributed by atoms with E-state index in [1.807, 2.05) is 17.9 Å². The molecular weight excluding hydrogens is 489 g/mol. The maximum Gasteiger partial charge on any atom is 0.389 e. The van der Waals surface area contributed by atoms with E-state index in [9.17, 15) is 23.1 Å². The summed E-state index contributed by atoms with van der Waals surface area (Å²) in [5.74, 6) is 0.524. The summed E-state index contributed by atoms with van der Waals surface area (Å²) in [4.78, 5) is 25.6. The number of aliphatic hydroxyl groups is 1. The van der Waals surface area contributed by atoms with E-state index in [4.69, 9.17) is 9.72 Å². The highest BCUT2D eigenvalue weighted by molar-refractivity contribution is 5.90. The highest BCUT2D eigenvalue weighted by atomic mass is 19.4. The van der Waals surface area contributed by atoms with Crippen molar-refractivity contribution >= 4 is 23.5 Å². The van der Waals surface area contributed by atoms with Gasteiger partial charge in [0, 0.05) is 56.5 Å². The first-order chi connectivity index (χ1) is 17.6. The number of aliphatic hydroxyl groups excluding tert-OH is 1. The highest BCUT2D eigenvalue weighted by Crippen LogP contribution is 2.32. The van der Waals surface area contributed by atoms with Crippen LogP contribution in [0.1, 0.15) is 25.3 Å². The van der Waals surface area contributed by atoms with Crippen LogP contribution in [0, 0.1) is 12.8 Å². The number of amides is 2. The van der Waals surface area contributed by atoms with Crippen LogP contribution >= 0.6 is 0 Å². The molecule has 1 aromatic carbocycles. The average Bonchev–Trinajstić information content (AvgIpc) is 3.31. The number of ether oxygens (including phenoxy) is 1. The molecular formula is C25H33F3N6O3. The molecule has 2 aromatic rings. The molecule has 0 radical (unpaired) electrons. The Morgan fingerprint density at radius 2 is 1.97 bits per heavy atom. The number of likely N-dealkylation sites (tertiary alicyclic amines) is 1. The maximum absolute atomic E-state index is 12.8. The molecule has 2 fully saturated rings. The van der Waals surface area contributed by atoms with E-state index in [1.54, 1.807) is 25.1 Å². The zero-order chi connectivity index (χ0) is 26.6. The van der Waals surface area contributed by atoms with Crippen LogP contribution in [0.2, 0.25) is 0 Å². The zero-order valence-corrected chi connectivity index (χ0v) is 21.0. The molecule has 0 spiro atoms. The van der Waals surface area contributed by atoms with Gasteiger partial charge in [-0.25, -0.2) is 9.78 Å². The van der Waals surface area contributed by atoms with Gasteiger partial charge < -0.3 is 30.3 Å². The van der Waals surface area contributed by atoms with E-state index in [2.05, 4.69) is 15.6 Å². The molecule has 2 atom stereocenters. The van der Waals surface area contributed by atoms with Crippen LogP contribution in [0.5, 0.6) is 0 Å². The fourth-order valence-electron chi connectivity index (χ4n) is 4.51. The molecule has 2 amide bonds. The third-order valence-corrected chi connectivity index (χ3v) is 6.44. The average molecular weight is 523 g/mol. The second kappa shape index (κ2) is 11.5. The van der Waals surface area contributed by atoms with Gasteiger partial charge in [-0.2, -0.15) is 18.2 Å². The molecule has 0 bridgehead atoms. The number of halogens is 3. The van der Waals surface area contributed by atoms with Gasteiger partial charge >= 0.3 is 12.2 Å². The number of urea groups is 1. The van der Waals surface area contributed by atoms with Gasteiger partial charge in [0.1, 0.15) is 5.82 Å². The lowest BCUT2D eigenvalue weighted by atomic mass is 10.0. The van der Waals surface area contributed by atoms with Gasteiger partial charge in [0.15, 0.2) is 0 Å². The van der Waals surface area contributed by atoms with Gasteiger partial charge in [0.05, 0.1) is 25.0 Å². The predicted molar refractivity (Wildman–Crippen MR) is 135 cm³/mol. The minimum atomic E-state index is -4.23. The maximum atomic E-state index is 12.8. The summed E-state index contributed by atoms with van der Waals surface area (Å²) in [6.45, 7) is 6.76. The van der Waals surface area contributed by atoms with Crippen molar-refractivity contribution in [3.8, 4) is 11.3 Å². The lowest BCUT2D eigenvalue weighted by Crippen LogP contribution is -2.37. The number of benzene rings is 1. The number of alkyl halides is 3. The Hall–Kier alpha value is -3.12. The van der Waals surface area contributed by atoms with E-state index in [0.717, 1.165) is 11.1 Å². The number of anilines is 3. The Bertz CT molecular complexity index is 1090. The number of morpholine rings is 1. The van der Waals surface area contributed by atoms with Crippen molar-refractivity contribution in [3.63, 3.8) is 0 Å². The summed E-state index contributed by atoms with van der Waals surface area (Å²) < 4.78 is 43.6. The minimum Gasteiger partial charge on any atom is -0.392 e. The highest BCUT2D eigenvalue weighted by Gasteiger charge is 2.36. The van der Waals surface area contributed by atoms with Crippen LogP contribution < -0.4 is 15.5 Å². The molecule has 0 saturated carbocycles. The third-order valence-electron chi connectivity index (χ3n) is 6.44. The van der Waals surface area contributed by atoms with Crippen molar-refractivity contribution in [1.29, 1.82) is 0 Å². The van der Waals surface area contributed by atoms with Crippen LogP contribution in [-0.4, -0.2) is 84.2 Å². The second-order valence-electron chi connectivity index (χ2n) is 9.65. The normalized spacial score (nSPS) is 19.1. The largest absolute Gasteiger partial charge is 0.392 e. The van der Waals surface area contributed by atoms with E-state index >= 15 is 0 Å². The fourth-order valence-corrected chi connectivity index (χ4v) is 4.51. The molecule has 3 N–H and O–H groups in total. The van der Waals surface area contributed by atoms with Gasteiger partial charge in [-0.1, -0.05) is 6.07 Å². The standard InChI is InChI=1S/C25H33F3N6O3/c1-16-3-4-19(30-24(36)34-6-5-18(15-34)13-25(26,27)28)11-20(16)21-12-22(29-14-17(2)35)32-23(31-21)33-7-9-37-10-8-33/h3-4,11-12,17-18,35H,5-10,13-15H2,1-2H3,(H,30,36)(H,29,31,32)/t17?,18-/m1/s1. The van der Waals surface area contributed by atoms with Crippen molar-refractivity contribution < 1.29 is 27.8 Å². The SMILES string of the molecule is Cc1ccc(NC(=O)N2CC[C@H](CC(F)(F)F)C2)cc1-c1cc(NCC(C)O)nc(N2CCOCC2)n1. The van der Waals surface area contributed by atoms with Crippen LogP contribution in [0.15, 0.2) is 24.3 Å². The molecule has 37 heavy (non-hydrogen) atoms. The summed E-state index contributed by atoms with van der Waals surface area (Å²) in [6.07, 6.45) is -5.34. The molecule has 3 heterocycles. The number of aromatic nitrogens is 2. The molecule has 12 heteroatoms. The molecule has 202 valence electrons. The zero-order valence-electron chi connectivity index (χ0n) is 21.0. The van der Waals surface area contributed by atoms with E-state index in [-0.39, 0.29) is 6.54 Å². The Balaban J connectivity index is 1.54. The van der Waals surface area contributed by atoms with Crippen molar-refractivity contribution in [2.45, 2.75) is 39.0 Å². The number of rotatable bonds is 7. The van der Waals surface area contributed by atoms with E-state index < -0.39 is 30.7 Å². The summed E-state index contributed by atoms with van der Waals surface area (Å²) in [5, 5.41) is 15.7. The van der Waals surface area contributed by atoms with Crippen molar-refractivity contribution in [2.75, 3.05) is 61.5 Å². The van der Waals surface area contributed by atoms with Gasteiger partial charge in [-0.15, -0.1) is 0 Å². The van der Waals surface area contributed by atoms with E-state index in [1.165, 1.54) is 4.90 Å². The number of carbonyl (C=O) groups is 1. The Morgan fingerprint density at radius 1 is 1.22 bits per heavy atom. The van der Waals surface area contributed by atoms with Gasteiger partial charge in [0.25, 0.3) is 0 Å². The fraction of sp³-hybridized carbons (Fsp3) is 0.560. The van der Waals surface area contributed by atoms with Crippen LogP contribution in [0.3, 0.4) is 0 Å². The monoisotopic (exact) mass is 522 g/mol. The number of aryl methyl sites for hydroxylation is 1. The summed E-state index contributed by atoms with van der Waals surface area (Å²) in [7, 11) is 0. The smallest absolute Gasteiger partial charge is 0.389 e. The second-order valence-corrected chi connectivity index (χ2v) is 9.65. The first-order valence-corrected chi connectivity index (χ1v) is 12.4. The summed E-state index contributed by atoms with van der Waals surface area (Å²) >= 11 is 0. The number of carbonyl (C=O) groups excluding carboxylic acids is 1. The number of nitrogens with one attached hydrogen (secondary N) is 2. The topological polar surface area (TPSA) is 103 Å². The van der Waals surface area contributed by atoms with Crippen molar-refractivity contribution in [2.24, 2.45) is 5.92 Å². The summed E-state index contributed by atoms with van der Waals surface area (Å²) in [6, 6.07) is 6.80. The molecule has 4 rings (SSSR count). The van der Waals surface area contributed by atoms with E-state index in [0.29, 0.717) is 69.0 Å². The van der Waals surface area contributed by atoms with Crippen LogP contribution in [0.4, 0.5) is 35.4 Å². The quantitative estimate of drug-likeness (QED) is 0.507. The first kappa shape index (κ1) is 26.9. The third kappa shape index (κ3) is 7.45. The predicted octanol–water partition coefficient (Wildman–Crippen LogP) is 3.89. The van der Waals surface area contributed by atoms with Gasteiger partial charge in [0.2, 0.25) is 5.95 Å². The summed E-state index contributed by atoms with van der Waals surface area (Å²) in [5.41, 5.74) is 2.88.